The van der Waals surface area contributed by atoms with Crippen molar-refractivity contribution in [2.75, 3.05) is 11.1 Å². The zero-order valence-corrected chi connectivity index (χ0v) is 16.3. The molecule has 4 rings (SSSR count). The Morgan fingerprint density at radius 2 is 2.11 bits per heavy atom. The number of nitrogens with zero attached hydrogens (tertiary/aromatic N) is 4. The molecule has 27 heavy (non-hydrogen) atoms. The highest BCUT2D eigenvalue weighted by Gasteiger charge is 2.15. The number of para-hydroxylation sites is 1. The Bertz CT molecular complexity index is 1070. The van der Waals surface area contributed by atoms with Gasteiger partial charge in [-0.1, -0.05) is 30.0 Å². The van der Waals surface area contributed by atoms with Crippen LogP contribution >= 0.6 is 23.1 Å². The normalized spacial score (nSPS) is 11.0. The minimum atomic E-state index is -0.0964. The molecule has 0 fully saturated rings. The second-order valence-electron chi connectivity index (χ2n) is 5.78. The number of rotatable bonds is 6. The Morgan fingerprint density at radius 3 is 2.93 bits per heavy atom. The number of thioether (sulfide) groups is 1. The van der Waals surface area contributed by atoms with Crippen LogP contribution in [0.5, 0.6) is 0 Å². The van der Waals surface area contributed by atoms with E-state index >= 15 is 0 Å². The zero-order chi connectivity index (χ0) is 18.6. The zero-order valence-electron chi connectivity index (χ0n) is 14.6. The van der Waals surface area contributed by atoms with Crippen LogP contribution in [0.3, 0.4) is 0 Å². The number of carbonyl (C=O) groups excluding carboxylic acids is 1. The van der Waals surface area contributed by atoms with E-state index in [0.29, 0.717) is 0 Å². The lowest BCUT2D eigenvalue weighted by Gasteiger charge is -2.08. The summed E-state index contributed by atoms with van der Waals surface area (Å²) in [6, 6.07) is 11.6. The van der Waals surface area contributed by atoms with Crippen LogP contribution in [0.25, 0.3) is 22.3 Å². The van der Waals surface area contributed by atoms with E-state index in [2.05, 4.69) is 20.5 Å². The van der Waals surface area contributed by atoms with Crippen LogP contribution in [0.4, 0.5) is 5.69 Å². The molecular formula is C19H17N5OS2. The maximum Gasteiger partial charge on any atom is 0.234 e. The van der Waals surface area contributed by atoms with Crippen LogP contribution in [0.2, 0.25) is 0 Å². The van der Waals surface area contributed by atoms with Crippen molar-refractivity contribution in [2.45, 2.75) is 18.6 Å². The first kappa shape index (κ1) is 17.7. The molecule has 0 aliphatic rings. The summed E-state index contributed by atoms with van der Waals surface area (Å²) in [5.41, 5.74) is 2.55. The van der Waals surface area contributed by atoms with Gasteiger partial charge >= 0.3 is 0 Å². The molecule has 0 radical (unpaired) electrons. The van der Waals surface area contributed by atoms with Gasteiger partial charge in [0, 0.05) is 29.1 Å². The van der Waals surface area contributed by atoms with Crippen molar-refractivity contribution >= 4 is 45.6 Å². The number of nitrogens with one attached hydrogen (secondary N) is 1. The topological polar surface area (TPSA) is 72.7 Å². The molecule has 1 aromatic carbocycles. The summed E-state index contributed by atoms with van der Waals surface area (Å²) in [6.07, 6.45) is 1.72. The number of hydrogen-bond acceptors (Lipinski definition) is 6. The van der Waals surface area contributed by atoms with E-state index in [1.54, 1.807) is 17.5 Å². The lowest BCUT2D eigenvalue weighted by Crippen LogP contribution is -2.15. The van der Waals surface area contributed by atoms with Crippen LogP contribution in [-0.4, -0.2) is 31.4 Å². The Kier molecular flexibility index (Phi) is 5.17. The summed E-state index contributed by atoms with van der Waals surface area (Å²) in [7, 11) is 0. The van der Waals surface area contributed by atoms with Gasteiger partial charge in [-0.2, -0.15) is 11.3 Å². The second-order valence-corrected chi connectivity index (χ2v) is 7.50. The van der Waals surface area contributed by atoms with Gasteiger partial charge in [0.15, 0.2) is 11.0 Å². The molecule has 3 aromatic heterocycles. The first-order valence-electron chi connectivity index (χ1n) is 8.48. The van der Waals surface area contributed by atoms with Crippen molar-refractivity contribution < 1.29 is 4.79 Å². The third kappa shape index (κ3) is 3.72. The Hall–Kier alpha value is -2.71. The van der Waals surface area contributed by atoms with E-state index in [1.807, 2.05) is 58.6 Å². The summed E-state index contributed by atoms with van der Waals surface area (Å²) in [4.78, 5) is 16.8. The highest BCUT2D eigenvalue weighted by Crippen LogP contribution is 2.26. The number of carbonyl (C=O) groups is 1. The Labute approximate surface area is 164 Å². The summed E-state index contributed by atoms with van der Waals surface area (Å²) >= 11 is 3.01. The second kappa shape index (κ2) is 7.89. The van der Waals surface area contributed by atoms with Gasteiger partial charge < -0.3 is 9.88 Å². The predicted octanol–water partition coefficient (Wildman–Crippen LogP) is 4.31. The van der Waals surface area contributed by atoms with Gasteiger partial charge in [-0.3, -0.25) is 9.78 Å². The van der Waals surface area contributed by atoms with E-state index in [9.17, 15) is 4.79 Å². The van der Waals surface area contributed by atoms with Crippen molar-refractivity contribution in [3.63, 3.8) is 0 Å². The van der Waals surface area contributed by atoms with E-state index in [1.165, 1.54) is 11.8 Å². The summed E-state index contributed by atoms with van der Waals surface area (Å²) < 4.78 is 2.03. The van der Waals surface area contributed by atoms with Crippen molar-refractivity contribution in [3.8, 4) is 11.4 Å². The molecule has 0 saturated carbocycles. The molecular weight excluding hydrogens is 378 g/mol. The van der Waals surface area contributed by atoms with Crippen molar-refractivity contribution in [1.82, 2.24) is 19.7 Å². The molecule has 0 atom stereocenters. The molecule has 0 aliphatic heterocycles. The molecule has 0 aliphatic carbocycles. The van der Waals surface area contributed by atoms with Crippen molar-refractivity contribution in [3.05, 3.63) is 53.4 Å². The van der Waals surface area contributed by atoms with Crippen LogP contribution in [0.1, 0.15) is 6.92 Å². The van der Waals surface area contributed by atoms with Gasteiger partial charge in [-0.25, -0.2) is 0 Å². The molecule has 8 heteroatoms. The van der Waals surface area contributed by atoms with Gasteiger partial charge in [0.2, 0.25) is 5.91 Å². The number of pyridine rings is 1. The molecule has 136 valence electrons. The highest BCUT2D eigenvalue weighted by molar-refractivity contribution is 7.99. The molecule has 0 bridgehead atoms. The minimum absolute atomic E-state index is 0.0964. The SMILES string of the molecule is CCn1c(SCC(=O)Nc2cccc3cccnc23)nnc1-c1ccsc1. The van der Waals surface area contributed by atoms with E-state index in [0.717, 1.165) is 39.7 Å². The molecule has 0 spiro atoms. The number of benzene rings is 1. The van der Waals surface area contributed by atoms with Gasteiger partial charge in [-0.15, -0.1) is 10.2 Å². The largest absolute Gasteiger partial charge is 0.323 e. The summed E-state index contributed by atoms with van der Waals surface area (Å²) in [5.74, 6) is 0.992. The molecule has 1 N–H and O–H groups in total. The van der Waals surface area contributed by atoms with Gasteiger partial charge in [0.25, 0.3) is 0 Å². The standard InChI is InChI=1S/C19H17N5OS2/c1-2-24-18(14-8-10-26-11-14)22-23-19(24)27-12-16(25)21-15-7-3-5-13-6-4-9-20-17(13)15/h3-11H,2,12H2,1H3,(H,21,25). The maximum atomic E-state index is 12.4. The number of amides is 1. The minimum Gasteiger partial charge on any atom is -0.323 e. The number of fused-ring (bicyclic) bond motifs is 1. The fourth-order valence-corrected chi connectivity index (χ4v) is 4.24. The number of anilines is 1. The quantitative estimate of drug-likeness (QED) is 0.493. The number of hydrogen-bond donors (Lipinski definition) is 1. The van der Waals surface area contributed by atoms with Gasteiger partial charge in [0.05, 0.1) is 17.0 Å². The third-order valence-corrected chi connectivity index (χ3v) is 5.70. The van der Waals surface area contributed by atoms with Crippen LogP contribution < -0.4 is 5.32 Å². The molecule has 3 heterocycles. The maximum absolute atomic E-state index is 12.4. The Morgan fingerprint density at radius 1 is 1.22 bits per heavy atom. The first-order chi connectivity index (χ1) is 13.3. The Balaban J connectivity index is 1.47. The van der Waals surface area contributed by atoms with Crippen LogP contribution in [0, 0.1) is 0 Å². The first-order valence-corrected chi connectivity index (χ1v) is 10.4. The van der Waals surface area contributed by atoms with Gasteiger partial charge in [-0.05, 0) is 30.5 Å². The predicted molar refractivity (Wildman–Crippen MR) is 110 cm³/mol. The molecule has 0 saturated heterocycles. The summed E-state index contributed by atoms with van der Waals surface area (Å²) in [6.45, 7) is 2.79. The summed E-state index contributed by atoms with van der Waals surface area (Å²) in [5, 5.41) is 17.3. The van der Waals surface area contributed by atoms with Crippen LogP contribution in [0.15, 0.2) is 58.5 Å². The molecule has 0 unspecified atom stereocenters. The highest BCUT2D eigenvalue weighted by atomic mass is 32.2. The van der Waals surface area contributed by atoms with E-state index < -0.39 is 0 Å². The fraction of sp³-hybridized carbons (Fsp3) is 0.158. The number of thiophene rings is 1. The molecule has 1 amide bonds. The smallest absolute Gasteiger partial charge is 0.234 e. The van der Waals surface area contributed by atoms with Crippen molar-refractivity contribution in [2.24, 2.45) is 0 Å². The number of aromatic nitrogens is 4. The fourth-order valence-electron chi connectivity index (χ4n) is 2.81. The van der Waals surface area contributed by atoms with Crippen molar-refractivity contribution in [1.29, 1.82) is 0 Å². The lowest BCUT2D eigenvalue weighted by atomic mass is 10.2. The monoisotopic (exact) mass is 395 g/mol. The molecule has 4 aromatic rings. The average Bonchev–Trinajstić information content (AvgIpc) is 3.36. The van der Waals surface area contributed by atoms with Crippen LogP contribution in [-0.2, 0) is 11.3 Å². The third-order valence-electron chi connectivity index (χ3n) is 4.05. The molecule has 6 nitrogen and oxygen atoms in total. The lowest BCUT2D eigenvalue weighted by molar-refractivity contribution is -0.113. The van der Waals surface area contributed by atoms with Gasteiger partial charge in [0.1, 0.15) is 0 Å². The average molecular weight is 396 g/mol. The van der Waals surface area contributed by atoms with E-state index in [-0.39, 0.29) is 11.7 Å². The van der Waals surface area contributed by atoms with E-state index in [4.69, 9.17) is 0 Å².